The first-order valence-corrected chi connectivity index (χ1v) is 8.96. The molecule has 0 fully saturated rings. The van der Waals surface area contributed by atoms with Crippen molar-refractivity contribution in [3.63, 3.8) is 0 Å². The van der Waals surface area contributed by atoms with E-state index >= 15 is 0 Å². The second-order valence-corrected chi connectivity index (χ2v) is 6.38. The van der Waals surface area contributed by atoms with Crippen LogP contribution in [-0.4, -0.2) is 22.2 Å². The molecule has 2 aromatic carbocycles. The van der Waals surface area contributed by atoms with Gasteiger partial charge in [0, 0.05) is 5.56 Å². The van der Waals surface area contributed by atoms with E-state index in [1.54, 1.807) is 0 Å². The number of nitrogens with zero attached hydrogens (tertiary/aromatic N) is 2. The van der Waals surface area contributed by atoms with E-state index < -0.39 is 6.10 Å². The molecular weight excluding hydrogens is 342 g/mol. The number of carbonyl (C=O) groups excluding carboxylic acids is 1. The van der Waals surface area contributed by atoms with Crippen molar-refractivity contribution in [2.75, 3.05) is 0 Å². The smallest absolute Gasteiger partial charge is 0.261 e. The summed E-state index contributed by atoms with van der Waals surface area (Å²) >= 11 is 0. The summed E-state index contributed by atoms with van der Waals surface area (Å²) in [5.41, 5.74) is 2.95. The predicted molar refractivity (Wildman–Crippen MR) is 102 cm³/mol. The van der Waals surface area contributed by atoms with Crippen LogP contribution in [0.3, 0.4) is 0 Å². The largest absolute Gasteiger partial charge is 0.480 e. The average molecular weight is 365 g/mol. The topological polar surface area (TPSA) is 77.2 Å². The van der Waals surface area contributed by atoms with E-state index in [1.165, 1.54) is 0 Å². The van der Waals surface area contributed by atoms with E-state index in [0.29, 0.717) is 18.1 Å². The van der Waals surface area contributed by atoms with Gasteiger partial charge in [0.1, 0.15) is 5.75 Å². The molecule has 0 aliphatic rings. The molecule has 0 aliphatic carbocycles. The molecule has 1 atom stereocenters. The van der Waals surface area contributed by atoms with Crippen LogP contribution in [0.5, 0.6) is 5.75 Å². The van der Waals surface area contributed by atoms with Crippen LogP contribution < -0.4 is 10.1 Å². The summed E-state index contributed by atoms with van der Waals surface area (Å²) in [6, 6.07) is 15.5. The van der Waals surface area contributed by atoms with Gasteiger partial charge in [-0.2, -0.15) is 4.98 Å². The molecule has 140 valence electrons. The van der Waals surface area contributed by atoms with Crippen molar-refractivity contribution in [2.24, 2.45) is 0 Å². The Hall–Kier alpha value is -3.15. The van der Waals surface area contributed by atoms with Gasteiger partial charge in [-0.15, -0.1) is 0 Å². The Morgan fingerprint density at radius 3 is 2.70 bits per heavy atom. The molecule has 27 heavy (non-hydrogen) atoms. The molecule has 1 heterocycles. The van der Waals surface area contributed by atoms with Crippen LogP contribution in [-0.2, 0) is 11.3 Å². The van der Waals surface area contributed by atoms with Gasteiger partial charge in [-0.1, -0.05) is 54.5 Å². The van der Waals surface area contributed by atoms with Crippen LogP contribution in [0.1, 0.15) is 30.4 Å². The monoisotopic (exact) mass is 365 g/mol. The lowest BCUT2D eigenvalue weighted by molar-refractivity contribution is -0.128. The van der Waals surface area contributed by atoms with Crippen molar-refractivity contribution in [1.82, 2.24) is 15.5 Å². The Morgan fingerprint density at radius 2 is 1.96 bits per heavy atom. The molecule has 0 aliphatic heterocycles. The third-order valence-electron chi connectivity index (χ3n) is 4.19. The molecule has 0 bridgehead atoms. The SMILES string of the molecule is CC[C@H](Oc1cc(C)ccc1C)C(=O)NCc1nc(-c2ccccc2)no1. The molecule has 6 heteroatoms. The van der Waals surface area contributed by atoms with Crippen LogP contribution in [0.15, 0.2) is 53.1 Å². The van der Waals surface area contributed by atoms with E-state index in [2.05, 4.69) is 15.5 Å². The Morgan fingerprint density at radius 1 is 1.19 bits per heavy atom. The number of aryl methyl sites for hydroxylation is 2. The first-order valence-electron chi connectivity index (χ1n) is 8.96. The molecule has 0 spiro atoms. The fraction of sp³-hybridized carbons (Fsp3) is 0.286. The summed E-state index contributed by atoms with van der Waals surface area (Å²) in [6.07, 6.45) is -0.0276. The van der Waals surface area contributed by atoms with Gasteiger partial charge >= 0.3 is 0 Å². The minimum atomic E-state index is -0.581. The van der Waals surface area contributed by atoms with Crippen LogP contribution in [0.25, 0.3) is 11.4 Å². The Kier molecular flexibility index (Phi) is 5.86. The van der Waals surface area contributed by atoms with Gasteiger partial charge < -0.3 is 14.6 Å². The van der Waals surface area contributed by atoms with E-state index in [1.807, 2.05) is 69.3 Å². The third-order valence-corrected chi connectivity index (χ3v) is 4.19. The summed E-state index contributed by atoms with van der Waals surface area (Å²) < 4.78 is 11.1. The second-order valence-electron chi connectivity index (χ2n) is 6.38. The Labute approximate surface area is 158 Å². The molecule has 1 N–H and O–H groups in total. The molecule has 0 saturated carbocycles. The summed E-state index contributed by atoms with van der Waals surface area (Å²) in [7, 11) is 0. The van der Waals surface area contributed by atoms with E-state index in [-0.39, 0.29) is 12.5 Å². The van der Waals surface area contributed by atoms with Crippen molar-refractivity contribution in [3.8, 4) is 17.1 Å². The first-order chi connectivity index (χ1) is 13.1. The van der Waals surface area contributed by atoms with Crippen molar-refractivity contribution in [3.05, 3.63) is 65.5 Å². The van der Waals surface area contributed by atoms with E-state index in [0.717, 1.165) is 22.4 Å². The maximum absolute atomic E-state index is 12.5. The molecule has 3 rings (SSSR count). The lowest BCUT2D eigenvalue weighted by atomic mass is 10.1. The maximum atomic E-state index is 12.5. The fourth-order valence-electron chi connectivity index (χ4n) is 2.62. The highest BCUT2D eigenvalue weighted by molar-refractivity contribution is 5.81. The van der Waals surface area contributed by atoms with Crippen molar-refractivity contribution >= 4 is 5.91 Å². The predicted octanol–water partition coefficient (Wildman–Crippen LogP) is 3.83. The summed E-state index contributed by atoms with van der Waals surface area (Å²) in [6.45, 7) is 6.02. The van der Waals surface area contributed by atoms with Crippen LogP contribution in [0.2, 0.25) is 0 Å². The molecule has 3 aromatic rings. The quantitative estimate of drug-likeness (QED) is 0.688. The van der Waals surface area contributed by atoms with Gasteiger partial charge in [0.15, 0.2) is 6.10 Å². The summed E-state index contributed by atoms with van der Waals surface area (Å²) in [5.74, 6) is 1.36. The Balaban J connectivity index is 1.61. The van der Waals surface area contributed by atoms with Gasteiger partial charge in [-0.3, -0.25) is 4.79 Å². The zero-order chi connectivity index (χ0) is 19.2. The van der Waals surface area contributed by atoms with E-state index in [4.69, 9.17) is 9.26 Å². The van der Waals surface area contributed by atoms with Crippen molar-refractivity contribution in [1.29, 1.82) is 0 Å². The zero-order valence-electron chi connectivity index (χ0n) is 15.7. The average Bonchev–Trinajstić information content (AvgIpc) is 3.16. The number of nitrogens with one attached hydrogen (secondary N) is 1. The van der Waals surface area contributed by atoms with Crippen LogP contribution >= 0.6 is 0 Å². The normalized spacial score (nSPS) is 11.8. The molecule has 0 saturated heterocycles. The number of hydrogen-bond donors (Lipinski definition) is 1. The standard InChI is InChI=1S/C21H23N3O3/c1-4-17(26-18-12-14(2)10-11-15(18)3)21(25)22-13-19-23-20(24-27-19)16-8-6-5-7-9-16/h5-12,17H,4,13H2,1-3H3,(H,22,25)/t17-/m0/s1. The molecule has 6 nitrogen and oxygen atoms in total. The number of hydrogen-bond acceptors (Lipinski definition) is 5. The van der Waals surface area contributed by atoms with Gasteiger partial charge in [0.05, 0.1) is 6.54 Å². The first kappa shape index (κ1) is 18.6. The molecule has 1 amide bonds. The highest BCUT2D eigenvalue weighted by Crippen LogP contribution is 2.21. The lowest BCUT2D eigenvalue weighted by Gasteiger charge is -2.18. The van der Waals surface area contributed by atoms with Gasteiger partial charge in [-0.25, -0.2) is 0 Å². The van der Waals surface area contributed by atoms with Crippen molar-refractivity contribution in [2.45, 2.75) is 39.8 Å². The zero-order valence-corrected chi connectivity index (χ0v) is 15.7. The summed E-state index contributed by atoms with van der Waals surface area (Å²) in [4.78, 5) is 16.8. The number of amides is 1. The highest BCUT2D eigenvalue weighted by Gasteiger charge is 2.20. The molecular formula is C21H23N3O3. The highest BCUT2D eigenvalue weighted by atomic mass is 16.5. The molecule has 1 aromatic heterocycles. The minimum Gasteiger partial charge on any atom is -0.480 e. The van der Waals surface area contributed by atoms with Gasteiger partial charge in [-0.05, 0) is 37.5 Å². The van der Waals surface area contributed by atoms with Crippen LogP contribution in [0.4, 0.5) is 0 Å². The maximum Gasteiger partial charge on any atom is 0.261 e. The third kappa shape index (κ3) is 4.73. The Bertz CT molecular complexity index is 906. The summed E-state index contributed by atoms with van der Waals surface area (Å²) in [5, 5.41) is 6.76. The number of rotatable bonds is 7. The number of carbonyl (C=O) groups is 1. The molecule has 0 unspecified atom stereocenters. The molecule has 0 radical (unpaired) electrons. The second kappa shape index (κ2) is 8.49. The number of ether oxygens (including phenoxy) is 1. The fourth-order valence-corrected chi connectivity index (χ4v) is 2.62. The number of aromatic nitrogens is 2. The van der Waals surface area contributed by atoms with Crippen molar-refractivity contribution < 1.29 is 14.1 Å². The lowest BCUT2D eigenvalue weighted by Crippen LogP contribution is -2.37. The van der Waals surface area contributed by atoms with E-state index in [9.17, 15) is 4.79 Å². The van der Waals surface area contributed by atoms with Gasteiger partial charge in [0.2, 0.25) is 11.7 Å². The van der Waals surface area contributed by atoms with Gasteiger partial charge in [0.25, 0.3) is 5.91 Å². The van der Waals surface area contributed by atoms with Crippen LogP contribution in [0, 0.1) is 13.8 Å². The number of benzene rings is 2. The minimum absolute atomic E-state index is 0.158.